The molecule has 1 aliphatic carbocycles. The first kappa shape index (κ1) is 13.0. The average Bonchev–Trinajstić information content (AvgIpc) is 2.48. The second-order valence-electron chi connectivity index (χ2n) is 6.15. The van der Waals surface area contributed by atoms with Crippen molar-refractivity contribution in [2.24, 2.45) is 0 Å². The summed E-state index contributed by atoms with van der Waals surface area (Å²) in [4.78, 5) is 9.66. The van der Waals surface area contributed by atoms with Crippen molar-refractivity contribution in [2.75, 3.05) is 13.1 Å². The predicted octanol–water partition coefficient (Wildman–Crippen LogP) is 3.30. The molecule has 0 unspecified atom stereocenters. The largest absolute Gasteiger partial charge is 0.317 e. The van der Waals surface area contributed by atoms with Crippen LogP contribution in [0.4, 0.5) is 0 Å². The van der Waals surface area contributed by atoms with Crippen molar-refractivity contribution < 1.29 is 0 Å². The molecule has 0 amide bonds. The summed E-state index contributed by atoms with van der Waals surface area (Å²) in [5.74, 6) is 2.38. The minimum absolute atomic E-state index is 0.573. The first-order chi connectivity index (χ1) is 9.33. The third kappa shape index (κ3) is 3.14. The molecule has 19 heavy (non-hydrogen) atoms. The lowest BCUT2D eigenvalue weighted by Crippen LogP contribution is -2.28. The van der Waals surface area contributed by atoms with Gasteiger partial charge >= 0.3 is 0 Å². The Bertz CT molecular complexity index is 382. The van der Waals surface area contributed by atoms with Crippen LogP contribution in [0.1, 0.15) is 74.0 Å². The fraction of sp³-hybridized carbons (Fsp3) is 0.750. The molecule has 3 nitrogen and oxygen atoms in total. The third-order valence-corrected chi connectivity index (χ3v) is 4.62. The molecule has 1 aliphatic heterocycles. The summed E-state index contributed by atoms with van der Waals surface area (Å²) in [5, 5.41) is 3.42. The number of piperidine rings is 1. The Morgan fingerprint density at radius 1 is 0.947 bits per heavy atom. The molecule has 0 atom stereocenters. The Labute approximate surface area is 116 Å². The third-order valence-electron chi connectivity index (χ3n) is 4.62. The molecule has 1 aromatic rings. The Morgan fingerprint density at radius 2 is 1.68 bits per heavy atom. The molecule has 1 N–H and O–H groups in total. The molecule has 2 heterocycles. The smallest absolute Gasteiger partial charge is 0.132 e. The Balaban J connectivity index is 1.82. The SMILES string of the molecule is Cc1cc(C2CCCCC2)nc(C2CCNCC2)n1. The normalized spacial score (nSPS) is 22.6. The van der Waals surface area contributed by atoms with E-state index in [4.69, 9.17) is 9.97 Å². The van der Waals surface area contributed by atoms with Crippen LogP contribution in [0, 0.1) is 6.92 Å². The van der Waals surface area contributed by atoms with E-state index in [9.17, 15) is 0 Å². The van der Waals surface area contributed by atoms with Crippen molar-refractivity contribution in [1.29, 1.82) is 0 Å². The zero-order chi connectivity index (χ0) is 13.1. The van der Waals surface area contributed by atoms with E-state index in [0.717, 1.165) is 24.6 Å². The molecule has 2 aliphatic rings. The van der Waals surface area contributed by atoms with E-state index in [2.05, 4.69) is 18.3 Å². The Morgan fingerprint density at radius 3 is 2.42 bits per heavy atom. The van der Waals surface area contributed by atoms with E-state index in [1.807, 2.05) is 0 Å². The van der Waals surface area contributed by atoms with Crippen LogP contribution >= 0.6 is 0 Å². The van der Waals surface area contributed by atoms with Crippen molar-refractivity contribution in [3.63, 3.8) is 0 Å². The molecule has 104 valence electrons. The van der Waals surface area contributed by atoms with E-state index in [1.165, 1.54) is 50.6 Å². The van der Waals surface area contributed by atoms with Gasteiger partial charge in [0.15, 0.2) is 0 Å². The van der Waals surface area contributed by atoms with Gasteiger partial charge in [-0.05, 0) is 51.8 Å². The van der Waals surface area contributed by atoms with E-state index in [-0.39, 0.29) is 0 Å². The van der Waals surface area contributed by atoms with Gasteiger partial charge < -0.3 is 5.32 Å². The molecule has 1 saturated heterocycles. The molecule has 0 radical (unpaired) electrons. The summed E-state index contributed by atoms with van der Waals surface area (Å²) in [6, 6.07) is 2.22. The summed E-state index contributed by atoms with van der Waals surface area (Å²) in [6.07, 6.45) is 9.17. The molecule has 0 bridgehead atoms. The quantitative estimate of drug-likeness (QED) is 0.885. The van der Waals surface area contributed by atoms with Crippen molar-refractivity contribution in [2.45, 2.75) is 63.7 Å². The molecular weight excluding hydrogens is 234 g/mol. The molecule has 3 heteroatoms. The van der Waals surface area contributed by atoms with Gasteiger partial charge in [0.1, 0.15) is 5.82 Å². The molecule has 2 fully saturated rings. The predicted molar refractivity (Wildman–Crippen MR) is 77.4 cm³/mol. The number of rotatable bonds is 2. The van der Waals surface area contributed by atoms with Crippen molar-refractivity contribution in [3.05, 3.63) is 23.3 Å². The van der Waals surface area contributed by atoms with Crippen LogP contribution in [0.15, 0.2) is 6.07 Å². The number of aryl methyl sites for hydroxylation is 1. The second kappa shape index (κ2) is 6.00. The highest BCUT2D eigenvalue weighted by molar-refractivity contribution is 5.17. The number of hydrogen-bond donors (Lipinski definition) is 1. The van der Waals surface area contributed by atoms with Crippen molar-refractivity contribution in [1.82, 2.24) is 15.3 Å². The van der Waals surface area contributed by atoms with Gasteiger partial charge in [-0.2, -0.15) is 0 Å². The lowest BCUT2D eigenvalue weighted by atomic mass is 9.86. The maximum absolute atomic E-state index is 4.94. The number of hydrogen-bond acceptors (Lipinski definition) is 3. The van der Waals surface area contributed by atoms with Crippen LogP contribution in [-0.4, -0.2) is 23.1 Å². The van der Waals surface area contributed by atoms with Gasteiger partial charge in [-0.3, -0.25) is 0 Å². The first-order valence-corrected chi connectivity index (χ1v) is 7.89. The standard InChI is InChI=1S/C16H25N3/c1-12-11-15(13-5-3-2-4-6-13)19-16(18-12)14-7-9-17-10-8-14/h11,13-14,17H,2-10H2,1H3. The molecule has 1 aromatic heterocycles. The van der Waals surface area contributed by atoms with Crippen LogP contribution in [-0.2, 0) is 0 Å². The molecule has 3 rings (SSSR count). The summed E-state index contributed by atoms with van der Waals surface area (Å²) < 4.78 is 0. The lowest BCUT2D eigenvalue weighted by molar-refractivity contribution is 0.422. The van der Waals surface area contributed by atoms with Crippen LogP contribution in [0.3, 0.4) is 0 Å². The monoisotopic (exact) mass is 259 g/mol. The van der Waals surface area contributed by atoms with Gasteiger partial charge in [0.2, 0.25) is 0 Å². The minimum Gasteiger partial charge on any atom is -0.317 e. The molecule has 0 spiro atoms. The Hall–Kier alpha value is -0.960. The highest BCUT2D eigenvalue weighted by atomic mass is 14.9. The van der Waals surface area contributed by atoms with Gasteiger partial charge in [0, 0.05) is 23.2 Å². The van der Waals surface area contributed by atoms with Gasteiger partial charge in [-0.1, -0.05) is 19.3 Å². The number of nitrogens with one attached hydrogen (secondary N) is 1. The van der Waals surface area contributed by atoms with E-state index in [1.54, 1.807) is 0 Å². The van der Waals surface area contributed by atoms with Crippen LogP contribution in [0.25, 0.3) is 0 Å². The number of nitrogens with zero attached hydrogens (tertiary/aromatic N) is 2. The highest BCUT2D eigenvalue weighted by Crippen LogP contribution is 2.33. The first-order valence-electron chi connectivity index (χ1n) is 7.89. The maximum Gasteiger partial charge on any atom is 0.132 e. The summed E-state index contributed by atoms with van der Waals surface area (Å²) in [6.45, 7) is 4.35. The lowest BCUT2D eigenvalue weighted by Gasteiger charge is -2.25. The highest BCUT2D eigenvalue weighted by Gasteiger charge is 2.22. The molecule has 0 aromatic carbocycles. The van der Waals surface area contributed by atoms with Crippen LogP contribution < -0.4 is 5.32 Å². The summed E-state index contributed by atoms with van der Waals surface area (Å²) in [7, 11) is 0. The van der Waals surface area contributed by atoms with Crippen molar-refractivity contribution in [3.8, 4) is 0 Å². The summed E-state index contributed by atoms with van der Waals surface area (Å²) in [5.41, 5.74) is 2.48. The van der Waals surface area contributed by atoms with Gasteiger partial charge in [-0.15, -0.1) is 0 Å². The number of aromatic nitrogens is 2. The van der Waals surface area contributed by atoms with Gasteiger partial charge in [0.25, 0.3) is 0 Å². The van der Waals surface area contributed by atoms with E-state index < -0.39 is 0 Å². The fourth-order valence-corrected chi connectivity index (χ4v) is 3.49. The maximum atomic E-state index is 4.94. The van der Waals surface area contributed by atoms with Gasteiger partial charge in [-0.25, -0.2) is 9.97 Å². The zero-order valence-electron chi connectivity index (χ0n) is 12.0. The van der Waals surface area contributed by atoms with Crippen LogP contribution in [0.2, 0.25) is 0 Å². The topological polar surface area (TPSA) is 37.8 Å². The second-order valence-corrected chi connectivity index (χ2v) is 6.15. The fourth-order valence-electron chi connectivity index (χ4n) is 3.49. The average molecular weight is 259 g/mol. The molecular formula is C16H25N3. The molecule has 1 saturated carbocycles. The minimum atomic E-state index is 0.573. The van der Waals surface area contributed by atoms with Crippen molar-refractivity contribution >= 4 is 0 Å². The van der Waals surface area contributed by atoms with E-state index >= 15 is 0 Å². The summed E-state index contributed by atoms with van der Waals surface area (Å²) >= 11 is 0. The van der Waals surface area contributed by atoms with Crippen LogP contribution in [0.5, 0.6) is 0 Å². The van der Waals surface area contributed by atoms with E-state index in [0.29, 0.717) is 11.8 Å². The Kier molecular flexibility index (Phi) is 4.12. The zero-order valence-corrected chi connectivity index (χ0v) is 12.0. The van der Waals surface area contributed by atoms with Gasteiger partial charge in [0.05, 0.1) is 0 Å².